The fourth-order valence-corrected chi connectivity index (χ4v) is 3.05. The van der Waals surface area contributed by atoms with Gasteiger partial charge in [-0.1, -0.05) is 26.2 Å². The quantitative estimate of drug-likeness (QED) is 0.776. The van der Waals surface area contributed by atoms with Crippen LogP contribution in [0.4, 0.5) is 0 Å². The molecule has 88 valence electrons. The summed E-state index contributed by atoms with van der Waals surface area (Å²) in [4.78, 5) is 0. The molecule has 0 saturated heterocycles. The van der Waals surface area contributed by atoms with Crippen LogP contribution in [0.5, 0.6) is 0 Å². The van der Waals surface area contributed by atoms with Gasteiger partial charge in [0, 0.05) is 0 Å². The highest BCUT2D eigenvalue weighted by atomic mass is 16.5. The first kappa shape index (κ1) is 11.4. The molecular weight excluding hydrogens is 186 g/mol. The Labute approximate surface area is 93.6 Å². The van der Waals surface area contributed by atoms with Crippen molar-refractivity contribution < 1.29 is 4.74 Å². The summed E-state index contributed by atoms with van der Waals surface area (Å²) in [5.41, 5.74) is 5.63. The van der Waals surface area contributed by atoms with Crippen molar-refractivity contribution in [2.45, 2.75) is 64.1 Å². The Hall–Kier alpha value is -0.0800. The van der Waals surface area contributed by atoms with Gasteiger partial charge in [0.15, 0.2) is 0 Å². The minimum Gasteiger partial charge on any atom is -0.375 e. The second-order valence-corrected chi connectivity index (χ2v) is 5.32. The topological polar surface area (TPSA) is 35.2 Å². The van der Waals surface area contributed by atoms with Gasteiger partial charge in [-0.25, -0.2) is 0 Å². The Balaban J connectivity index is 1.73. The predicted molar refractivity (Wildman–Crippen MR) is 62.7 cm³/mol. The molecule has 2 fully saturated rings. The fraction of sp³-hybridized carbons (Fsp3) is 1.00. The molecule has 2 saturated carbocycles. The zero-order valence-corrected chi connectivity index (χ0v) is 9.95. The van der Waals surface area contributed by atoms with E-state index in [4.69, 9.17) is 10.5 Å². The number of rotatable bonds is 4. The summed E-state index contributed by atoms with van der Waals surface area (Å²) in [5.74, 6) is 1.58. The molecule has 0 aromatic heterocycles. The van der Waals surface area contributed by atoms with Gasteiger partial charge in [0.1, 0.15) is 0 Å². The minimum atomic E-state index is 0.538. The Morgan fingerprint density at radius 2 is 1.93 bits per heavy atom. The first-order chi connectivity index (χ1) is 7.33. The molecule has 0 aromatic rings. The van der Waals surface area contributed by atoms with Crippen LogP contribution in [0.1, 0.15) is 51.9 Å². The van der Waals surface area contributed by atoms with Crippen LogP contribution in [0, 0.1) is 11.8 Å². The SMILES string of the molecule is CCC1CCCCC1OC1CC(CN)C1. The fourth-order valence-electron chi connectivity index (χ4n) is 3.05. The van der Waals surface area contributed by atoms with E-state index in [0.717, 1.165) is 18.4 Å². The third kappa shape index (κ3) is 2.73. The van der Waals surface area contributed by atoms with Crippen LogP contribution in [-0.2, 0) is 4.74 Å². The highest BCUT2D eigenvalue weighted by molar-refractivity contribution is 4.84. The second kappa shape index (κ2) is 5.31. The van der Waals surface area contributed by atoms with Crippen LogP contribution >= 0.6 is 0 Å². The maximum absolute atomic E-state index is 6.21. The van der Waals surface area contributed by atoms with E-state index in [2.05, 4.69) is 6.92 Å². The van der Waals surface area contributed by atoms with Crippen molar-refractivity contribution in [2.24, 2.45) is 17.6 Å². The number of ether oxygens (including phenoxy) is 1. The van der Waals surface area contributed by atoms with Gasteiger partial charge >= 0.3 is 0 Å². The van der Waals surface area contributed by atoms with Crippen molar-refractivity contribution in [1.82, 2.24) is 0 Å². The molecule has 2 N–H and O–H groups in total. The Morgan fingerprint density at radius 1 is 1.20 bits per heavy atom. The molecule has 0 radical (unpaired) electrons. The van der Waals surface area contributed by atoms with Gasteiger partial charge in [-0.2, -0.15) is 0 Å². The molecule has 0 amide bonds. The average Bonchev–Trinajstić information content (AvgIpc) is 2.23. The summed E-state index contributed by atoms with van der Waals surface area (Å²) in [6.07, 6.45) is 10.3. The maximum atomic E-state index is 6.21. The molecule has 0 aliphatic heterocycles. The summed E-state index contributed by atoms with van der Waals surface area (Å²) in [6, 6.07) is 0. The standard InChI is InChI=1S/C13H25NO/c1-2-11-5-3-4-6-13(11)15-12-7-10(8-12)9-14/h10-13H,2-9,14H2,1H3. The first-order valence-corrected chi connectivity index (χ1v) is 6.69. The van der Waals surface area contributed by atoms with Gasteiger partial charge in [0.25, 0.3) is 0 Å². The van der Waals surface area contributed by atoms with Crippen molar-refractivity contribution in [3.05, 3.63) is 0 Å². The smallest absolute Gasteiger partial charge is 0.0606 e. The number of hydrogen-bond acceptors (Lipinski definition) is 2. The average molecular weight is 211 g/mol. The molecule has 2 rings (SSSR count). The molecule has 0 bridgehead atoms. The van der Waals surface area contributed by atoms with E-state index in [9.17, 15) is 0 Å². The molecule has 2 unspecified atom stereocenters. The number of hydrogen-bond donors (Lipinski definition) is 1. The van der Waals surface area contributed by atoms with Gasteiger partial charge in [-0.3, -0.25) is 0 Å². The zero-order chi connectivity index (χ0) is 10.7. The summed E-state index contributed by atoms with van der Waals surface area (Å²) in [6.45, 7) is 3.15. The monoisotopic (exact) mass is 211 g/mol. The van der Waals surface area contributed by atoms with Gasteiger partial charge in [-0.15, -0.1) is 0 Å². The van der Waals surface area contributed by atoms with Crippen molar-refractivity contribution in [3.8, 4) is 0 Å². The predicted octanol–water partition coefficient (Wildman–Crippen LogP) is 2.71. The van der Waals surface area contributed by atoms with E-state index in [1.807, 2.05) is 0 Å². The normalized spacial score (nSPS) is 41.2. The van der Waals surface area contributed by atoms with E-state index in [1.54, 1.807) is 0 Å². The maximum Gasteiger partial charge on any atom is 0.0606 e. The zero-order valence-electron chi connectivity index (χ0n) is 9.95. The van der Waals surface area contributed by atoms with E-state index in [0.29, 0.717) is 12.2 Å². The van der Waals surface area contributed by atoms with E-state index in [1.165, 1.54) is 44.9 Å². The lowest BCUT2D eigenvalue weighted by atomic mass is 9.80. The van der Waals surface area contributed by atoms with Gasteiger partial charge < -0.3 is 10.5 Å². The first-order valence-electron chi connectivity index (χ1n) is 6.69. The molecule has 2 aliphatic rings. The van der Waals surface area contributed by atoms with Gasteiger partial charge in [0.05, 0.1) is 12.2 Å². The van der Waals surface area contributed by atoms with Gasteiger partial charge in [0.2, 0.25) is 0 Å². The van der Waals surface area contributed by atoms with Crippen LogP contribution < -0.4 is 5.73 Å². The van der Waals surface area contributed by atoms with Crippen molar-refractivity contribution in [1.29, 1.82) is 0 Å². The lowest BCUT2D eigenvalue weighted by Gasteiger charge is -2.40. The van der Waals surface area contributed by atoms with Crippen LogP contribution in [0.25, 0.3) is 0 Å². The molecule has 0 heterocycles. The Kier molecular flexibility index (Phi) is 4.04. The van der Waals surface area contributed by atoms with Crippen LogP contribution in [0.15, 0.2) is 0 Å². The third-order valence-corrected chi connectivity index (χ3v) is 4.26. The van der Waals surface area contributed by atoms with Crippen LogP contribution in [0.3, 0.4) is 0 Å². The van der Waals surface area contributed by atoms with Crippen molar-refractivity contribution in [3.63, 3.8) is 0 Å². The second-order valence-electron chi connectivity index (χ2n) is 5.32. The molecule has 15 heavy (non-hydrogen) atoms. The Bertz CT molecular complexity index is 189. The van der Waals surface area contributed by atoms with E-state index in [-0.39, 0.29) is 0 Å². The molecule has 0 spiro atoms. The molecular formula is C13H25NO. The largest absolute Gasteiger partial charge is 0.375 e. The summed E-state index contributed by atoms with van der Waals surface area (Å²) >= 11 is 0. The van der Waals surface area contributed by atoms with Crippen LogP contribution in [0.2, 0.25) is 0 Å². The molecule has 2 heteroatoms. The van der Waals surface area contributed by atoms with Crippen molar-refractivity contribution in [2.75, 3.05) is 6.54 Å². The highest BCUT2D eigenvalue weighted by Gasteiger charge is 2.33. The molecule has 2 nitrogen and oxygen atoms in total. The number of nitrogens with two attached hydrogens (primary N) is 1. The Morgan fingerprint density at radius 3 is 2.60 bits per heavy atom. The summed E-state index contributed by atoms with van der Waals surface area (Å²) < 4.78 is 6.21. The summed E-state index contributed by atoms with van der Waals surface area (Å²) in [7, 11) is 0. The molecule has 0 aromatic carbocycles. The van der Waals surface area contributed by atoms with Gasteiger partial charge in [-0.05, 0) is 44.1 Å². The minimum absolute atomic E-state index is 0.538. The molecule has 2 aliphatic carbocycles. The lowest BCUT2D eigenvalue weighted by Crippen LogP contribution is -2.40. The highest BCUT2D eigenvalue weighted by Crippen LogP contribution is 2.35. The van der Waals surface area contributed by atoms with Crippen LogP contribution in [-0.4, -0.2) is 18.8 Å². The third-order valence-electron chi connectivity index (χ3n) is 4.26. The van der Waals surface area contributed by atoms with E-state index < -0.39 is 0 Å². The van der Waals surface area contributed by atoms with E-state index >= 15 is 0 Å². The lowest BCUT2D eigenvalue weighted by molar-refractivity contribution is -0.107. The van der Waals surface area contributed by atoms with Crippen molar-refractivity contribution >= 4 is 0 Å². The summed E-state index contributed by atoms with van der Waals surface area (Å²) in [5, 5.41) is 0. The molecule has 2 atom stereocenters.